The predicted molar refractivity (Wildman–Crippen MR) is 74.5 cm³/mol. The molecule has 1 heteroatoms. The Hall–Kier alpha value is -1.63. The van der Waals surface area contributed by atoms with E-state index in [-0.39, 0.29) is 0 Å². The molecule has 0 saturated heterocycles. The van der Waals surface area contributed by atoms with Gasteiger partial charge in [0, 0.05) is 12.4 Å². The average Bonchev–Trinajstić information content (AvgIpc) is 3.23. The highest BCUT2D eigenvalue weighted by Crippen LogP contribution is 2.33. The first-order valence-corrected chi connectivity index (χ1v) is 6.87. The number of benzene rings is 1. The molecule has 1 aromatic carbocycles. The van der Waals surface area contributed by atoms with E-state index in [0.29, 0.717) is 0 Å². The Morgan fingerprint density at radius 3 is 2.56 bits per heavy atom. The number of hydrogen-bond acceptors (Lipinski definition) is 1. The van der Waals surface area contributed by atoms with Crippen LogP contribution in [0.3, 0.4) is 0 Å². The van der Waals surface area contributed by atoms with Gasteiger partial charge in [-0.1, -0.05) is 30.3 Å². The summed E-state index contributed by atoms with van der Waals surface area (Å²) in [5.74, 6) is 0.935. The highest BCUT2D eigenvalue weighted by molar-refractivity contribution is 5.26. The second-order valence-electron chi connectivity index (χ2n) is 5.28. The maximum absolute atomic E-state index is 4.28. The molecule has 0 unspecified atom stereocenters. The number of aromatic nitrogens is 1. The van der Waals surface area contributed by atoms with Gasteiger partial charge in [-0.25, -0.2) is 0 Å². The van der Waals surface area contributed by atoms with Crippen molar-refractivity contribution in [3.63, 3.8) is 0 Å². The summed E-state index contributed by atoms with van der Waals surface area (Å²) in [5, 5.41) is 0. The number of nitrogens with zero attached hydrogens (tertiary/aromatic N) is 1. The van der Waals surface area contributed by atoms with Crippen LogP contribution in [0.25, 0.3) is 0 Å². The topological polar surface area (TPSA) is 12.9 Å². The van der Waals surface area contributed by atoms with Crippen LogP contribution in [0.2, 0.25) is 0 Å². The van der Waals surface area contributed by atoms with Crippen LogP contribution in [0.4, 0.5) is 0 Å². The second kappa shape index (κ2) is 5.34. The van der Waals surface area contributed by atoms with Gasteiger partial charge in [-0.2, -0.15) is 0 Å². The van der Waals surface area contributed by atoms with Crippen molar-refractivity contribution in [1.29, 1.82) is 0 Å². The van der Waals surface area contributed by atoms with Gasteiger partial charge < -0.3 is 0 Å². The lowest BCUT2D eigenvalue weighted by molar-refractivity contribution is 0.804. The van der Waals surface area contributed by atoms with E-state index in [1.807, 2.05) is 6.20 Å². The van der Waals surface area contributed by atoms with Gasteiger partial charge in [0.1, 0.15) is 0 Å². The highest BCUT2D eigenvalue weighted by atomic mass is 14.6. The third-order valence-corrected chi connectivity index (χ3v) is 3.74. The minimum absolute atomic E-state index is 0.935. The van der Waals surface area contributed by atoms with Crippen LogP contribution < -0.4 is 0 Å². The number of hydrogen-bond donors (Lipinski definition) is 0. The lowest BCUT2D eigenvalue weighted by Gasteiger charge is -2.08. The quantitative estimate of drug-likeness (QED) is 0.770. The van der Waals surface area contributed by atoms with Crippen molar-refractivity contribution >= 4 is 0 Å². The van der Waals surface area contributed by atoms with Crippen LogP contribution in [0.1, 0.15) is 29.5 Å². The molecule has 0 amide bonds. The first-order valence-electron chi connectivity index (χ1n) is 6.87. The molecule has 2 aromatic rings. The first-order chi connectivity index (χ1) is 8.92. The fourth-order valence-electron chi connectivity index (χ4n) is 2.44. The van der Waals surface area contributed by atoms with Gasteiger partial charge in [-0.15, -0.1) is 0 Å². The SMILES string of the molecule is c1ccc(CCc2ccncc2CC2CC2)cc1. The molecular weight excluding hydrogens is 218 g/mol. The van der Waals surface area contributed by atoms with Crippen molar-refractivity contribution in [3.8, 4) is 0 Å². The summed E-state index contributed by atoms with van der Waals surface area (Å²) in [6.07, 6.45) is 10.3. The molecule has 1 aliphatic rings. The molecule has 1 nitrogen and oxygen atoms in total. The van der Waals surface area contributed by atoms with E-state index in [1.54, 1.807) is 0 Å². The smallest absolute Gasteiger partial charge is 0.0302 e. The van der Waals surface area contributed by atoms with Gasteiger partial charge in [0.05, 0.1) is 0 Å². The summed E-state index contributed by atoms with van der Waals surface area (Å²) < 4.78 is 0. The summed E-state index contributed by atoms with van der Waals surface area (Å²) in [7, 11) is 0. The molecule has 0 radical (unpaired) electrons. The van der Waals surface area contributed by atoms with E-state index in [2.05, 4.69) is 47.6 Å². The Bertz CT molecular complexity index is 500. The molecule has 1 aromatic heterocycles. The molecule has 0 bridgehead atoms. The van der Waals surface area contributed by atoms with Crippen molar-refractivity contribution in [1.82, 2.24) is 4.98 Å². The van der Waals surface area contributed by atoms with Crippen molar-refractivity contribution in [3.05, 3.63) is 65.5 Å². The average molecular weight is 237 g/mol. The van der Waals surface area contributed by atoms with Crippen LogP contribution in [0.15, 0.2) is 48.8 Å². The Labute approximate surface area is 109 Å². The van der Waals surface area contributed by atoms with Crippen molar-refractivity contribution in [2.24, 2.45) is 5.92 Å². The standard InChI is InChI=1S/C17H19N/c1-2-4-14(5-3-1)8-9-16-10-11-18-13-17(16)12-15-6-7-15/h1-5,10-11,13,15H,6-9,12H2. The second-order valence-corrected chi connectivity index (χ2v) is 5.28. The number of pyridine rings is 1. The van der Waals surface area contributed by atoms with E-state index in [1.165, 1.54) is 36.0 Å². The van der Waals surface area contributed by atoms with Gasteiger partial charge in [0.2, 0.25) is 0 Å². The minimum Gasteiger partial charge on any atom is -0.264 e. The maximum atomic E-state index is 4.28. The lowest BCUT2D eigenvalue weighted by Crippen LogP contribution is -1.99. The summed E-state index contributed by atoms with van der Waals surface area (Å²) in [4.78, 5) is 4.28. The maximum Gasteiger partial charge on any atom is 0.0302 e. The van der Waals surface area contributed by atoms with Crippen LogP contribution >= 0.6 is 0 Å². The zero-order valence-corrected chi connectivity index (χ0v) is 10.7. The number of rotatable bonds is 5. The van der Waals surface area contributed by atoms with Gasteiger partial charge in [0.15, 0.2) is 0 Å². The van der Waals surface area contributed by atoms with E-state index >= 15 is 0 Å². The summed E-state index contributed by atoms with van der Waals surface area (Å²) in [5.41, 5.74) is 4.38. The molecule has 0 spiro atoms. The number of aryl methyl sites for hydroxylation is 2. The molecule has 1 saturated carbocycles. The molecule has 0 atom stereocenters. The highest BCUT2D eigenvalue weighted by Gasteiger charge is 2.22. The zero-order chi connectivity index (χ0) is 12.2. The molecule has 0 N–H and O–H groups in total. The third kappa shape index (κ3) is 2.98. The fourth-order valence-corrected chi connectivity index (χ4v) is 2.44. The largest absolute Gasteiger partial charge is 0.264 e. The van der Waals surface area contributed by atoms with Gasteiger partial charge in [-0.3, -0.25) is 4.98 Å². The fraction of sp³-hybridized carbons (Fsp3) is 0.353. The van der Waals surface area contributed by atoms with Crippen LogP contribution in [0.5, 0.6) is 0 Å². The Morgan fingerprint density at radius 1 is 0.944 bits per heavy atom. The summed E-state index contributed by atoms with van der Waals surface area (Å²) in [6.45, 7) is 0. The molecule has 1 aliphatic carbocycles. The summed E-state index contributed by atoms with van der Waals surface area (Å²) in [6, 6.07) is 12.9. The monoisotopic (exact) mass is 237 g/mol. The van der Waals surface area contributed by atoms with Crippen molar-refractivity contribution in [2.75, 3.05) is 0 Å². The van der Waals surface area contributed by atoms with E-state index < -0.39 is 0 Å². The summed E-state index contributed by atoms with van der Waals surface area (Å²) >= 11 is 0. The molecule has 0 aliphatic heterocycles. The van der Waals surface area contributed by atoms with Crippen molar-refractivity contribution < 1.29 is 0 Å². The molecule has 92 valence electrons. The normalized spacial score (nSPS) is 14.7. The minimum atomic E-state index is 0.935. The van der Waals surface area contributed by atoms with Crippen LogP contribution in [0, 0.1) is 5.92 Å². The van der Waals surface area contributed by atoms with Crippen molar-refractivity contribution in [2.45, 2.75) is 32.1 Å². The first kappa shape index (κ1) is 11.5. The van der Waals surface area contributed by atoms with Crippen LogP contribution in [-0.4, -0.2) is 4.98 Å². The third-order valence-electron chi connectivity index (χ3n) is 3.74. The zero-order valence-electron chi connectivity index (χ0n) is 10.7. The Balaban J connectivity index is 1.68. The molecule has 1 heterocycles. The molecular formula is C17H19N. The van der Waals surface area contributed by atoms with Gasteiger partial charge in [-0.05, 0) is 60.8 Å². The predicted octanol–water partition coefficient (Wildman–Crippen LogP) is 3.82. The van der Waals surface area contributed by atoms with E-state index in [0.717, 1.165) is 18.8 Å². The van der Waals surface area contributed by atoms with E-state index in [9.17, 15) is 0 Å². The Kier molecular flexibility index (Phi) is 3.40. The van der Waals surface area contributed by atoms with Crippen LogP contribution in [-0.2, 0) is 19.3 Å². The lowest BCUT2D eigenvalue weighted by atomic mass is 9.98. The molecule has 3 rings (SSSR count). The van der Waals surface area contributed by atoms with Gasteiger partial charge in [0.25, 0.3) is 0 Å². The molecule has 18 heavy (non-hydrogen) atoms. The molecule has 1 fully saturated rings. The van der Waals surface area contributed by atoms with Gasteiger partial charge >= 0.3 is 0 Å². The Morgan fingerprint density at radius 2 is 1.78 bits per heavy atom. The van der Waals surface area contributed by atoms with E-state index in [4.69, 9.17) is 0 Å².